The lowest BCUT2D eigenvalue weighted by Gasteiger charge is -2.15. The van der Waals surface area contributed by atoms with Crippen LogP contribution < -0.4 is 5.32 Å². The van der Waals surface area contributed by atoms with Crippen LogP contribution in [0.1, 0.15) is 29.8 Å². The van der Waals surface area contributed by atoms with Gasteiger partial charge in [0, 0.05) is 18.8 Å². The van der Waals surface area contributed by atoms with E-state index >= 15 is 0 Å². The van der Waals surface area contributed by atoms with Gasteiger partial charge in [0.25, 0.3) is 0 Å². The van der Waals surface area contributed by atoms with E-state index in [9.17, 15) is 0 Å². The molecule has 18 heavy (non-hydrogen) atoms. The summed E-state index contributed by atoms with van der Waals surface area (Å²) in [5.74, 6) is 0. The SMILES string of the molecule is Cc1cc(NC(C)c2cn(C)nc2C)cnc1Br. The Balaban J connectivity index is 2.18. The smallest absolute Gasteiger partial charge is 0.109 e. The molecule has 1 unspecified atom stereocenters. The average molecular weight is 309 g/mol. The number of hydrogen-bond donors (Lipinski definition) is 1. The molecule has 1 atom stereocenters. The van der Waals surface area contributed by atoms with Crippen LogP contribution in [0.25, 0.3) is 0 Å². The number of aryl methyl sites for hydroxylation is 3. The zero-order chi connectivity index (χ0) is 13.3. The normalized spacial score (nSPS) is 12.5. The van der Waals surface area contributed by atoms with E-state index in [4.69, 9.17) is 0 Å². The second kappa shape index (κ2) is 5.10. The zero-order valence-electron chi connectivity index (χ0n) is 11.0. The highest BCUT2D eigenvalue weighted by molar-refractivity contribution is 9.10. The van der Waals surface area contributed by atoms with Crippen LogP contribution in [0, 0.1) is 13.8 Å². The van der Waals surface area contributed by atoms with Crippen molar-refractivity contribution in [3.63, 3.8) is 0 Å². The summed E-state index contributed by atoms with van der Waals surface area (Å²) in [7, 11) is 1.94. The molecule has 0 aliphatic heterocycles. The first kappa shape index (κ1) is 13.1. The summed E-state index contributed by atoms with van der Waals surface area (Å²) in [4.78, 5) is 4.29. The van der Waals surface area contributed by atoms with Gasteiger partial charge in [-0.3, -0.25) is 4.68 Å². The lowest BCUT2D eigenvalue weighted by Crippen LogP contribution is -2.07. The number of aromatic nitrogens is 3. The van der Waals surface area contributed by atoms with Crippen LogP contribution in [0.3, 0.4) is 0 Å². The number of pyridine rings is 1. The predicted octanol–water partition coefficient (Wildman–Crippen LogP) is 3.37. The zero-order valence-corrected chi connectivity index (χ0v) is 12.6. The molecule has 2 heterocycles. The minimum Gasteiger partial charge on any atom is -0.377 e. The van der Waals surface area contributed by atoms with Crippen LogP contribution in [0.2, 0.25) is 0 Å². The highest BCUT2D eigenvalue weighted by Crippen LogP contribution is 2.23. The molecule has 0 radical (unpaired) electrons. The summed E-state index contributed by atoms with van der Waals surface area (Å²) in [6, 6.07) is 2.29. The Morgan fingerprint density at radius 1 is 1.39 bits per heavy atom. The van der Waals surface area contributed by atoms with Crippen molar-refractivity contribution in [2.45, 2.75) is 26.8 Å². The van der Waals surface area contributed by atoms with Gasteiger partial charge in [0.1, 0.15) is 4.60 Å². The van der Waals surface area contributed by atoms with E-state index in [0.29, 0.717) is 0 Å². The van der Waals surface area contributed by atoms with Crippen molar-refractivity contribution in [1.29, 1.82) is 0 Å². The van der Waals surface area contributed by atoms with Gasteiger partial charge < -0.3 is 5.32 Å². The van der Waals surface area contributed by atoms with Crippen molar-refractivity contribution < 1.29 is 0 Å². The molecule has 0 saturated heterocycles. The van der Waals surface area contributed by atoms with E-state index in [1.165, 1.54) is 5.56 Å². The summed E-state index contributed by atoms with van der Waals surface area (Å²) in [6.45, 7) is 6.18. The van der Waals surface area contributed by atoms with Crippen molar-refractivity contribution in [2.24, 2.45) is 7.05 Å². The van der Waals surface area contributed by atoms with Crippen LogP contribution in [0.15, 0.2) is 23.1 Å². The van der Waals surface area contributed by atoms with E-state index in [1.54, 1.807) is 0 Å². The topological polar surface area (TPSA) is 42.7 Å². The summed E-state index contributed by atoms with van der Waals surface area (Å²) in [5, 5.41) is 7.80. The number of hydrogen-bond acceptors (Lipinski definition) is 3. The van der Waals surface area contributed by atoms with Gasteiger partial charge in [-0.1, -0.05) is 0 Å². The van der Waals surface area contributed by atoms with Crippen LogP contribution in [0.5, 0.6) is 0 Å². The Kier molecular flexibility index (Phi) is 3.71. The fourth-order valence-corrected chi connectivity index (χ4v) is 2.22. The lowest BCUT2D eigenvalue weighted by molar-refractivity contribution is 0.756. The number of anilines is 1. The van der Waals surface area contributed by atoms with Gasteiger partial charge in [-0.25, -0.2) is 4.98 Å². The van der Waals surface area contributed by atoms with Crippen molar-refractivity contribution in [3.8, 4) is 0 Å². The lowest BCUT2D eigenvalue weighted by atomic mass is 10.1. The standard InChI is InChI=1S/C13H17BrN4/c1-8-5-11(6-15-13(8)14)16-9(2)12-7-18(4)17-10(12)3/h5-7,9,16H,1-4H3. The Hall–Kier alpha value is -1.36. The van der Waals surface area contributed by atoms with Gasteiger partial charge in [0.15, 0.2) is 0 Å². The third-order valence-corrected chi connectivity index (χ3v) is 3.75. The van der Waals surface area contributed by atoms with E-state index in [1.807, 2.05) is 38.0 Å². The molecular formula is C13H17BrN4. The van der Waals surface area contributed by atoms with Crippen molar-refractivity contribution >= 4 is 21.6 Å². The first-order valence-electron chi connectivity index (χ1n) is 5.86. The molecule has 0 fully saturated rings. The van der Waals surface area contributed by atoms with Crippen molar-refractivity contribution in [2.75, 3.05) is 5.32 Å². The molecule has 0 amide bonds. The molecule has 0 saturated carbocycles. The molecular weight excluding hydrogens is 292 g/mol. The number of nitrogens with zero attached hydrogens (tertiary/aromatic N) is 3. The molecule has 2 rings (SSSR count). The maximum Gasteiger partial charge on any atom is 0.109 e. The van der Waals surface area contributed by atoms with Gasteiger partial charge >= 0.3 is 0 Å². The van der Waals surface area contributed by atoms with Crippen LogP contribution in [0.4, 0.5) is 5.69 Å². The molecule has 0 bridgehead atoms. The molecule has 96 valence electrons. The van der Waals surface area contributed by atoms with Crippen LogP contribution >= 0.6 is 15.9 Å². The van der Waals surface area contributed by atoms with Crippen molar-refractivity contribution in [1.82, 2.24) is 14.8 Å². The highest BCUT2D eigenvalue weighted by Gasteiger charge is 2.12. The van der Waals surface area contributed by atoms with Gasteiger partial charge in [0.05, 0.1) is 23.6 Å². The minimum atomic E-state index is 0.209. The Bertz CT molecular complexity index is 562. The van der Waals surface area contributed by atoms with Crippen LogP contribution in [-0.4, -0.2) is 14.8 Å². The van der Waals surface area contributed by atoms with Gasteiger partial charge in [0.2, 0.25) is 0 Å². The molecule has 2 aromatic heterocycles. The monoisotopic (exact) mass is 308 g/mol. The quantitative estimate of drug-likeness (QED) is 0.884. The number of nitrogens with one attached hydrogen (secondary N) is 1. The third kappa shape index (κ3) is 2.72. The Morgan fingerprint density at radius 2 is 2.11 bits per heavy atom. The fraction of sp³-hybridized carbons (Fsp3) is 0.385. The second-order valence-electron chi connectivity index (χ2n) is 4.54. The van der Waals surface area contributed by atoms with E-state index in [0.717, 1.165) is 21.5 Å². The van der Waals surface area contributed by atoms with Crippen LogP contribution in [-0.2, 0) is 7.05 Å². The largest absolute Gasteiger partial charge is 0.377 e. The summed E-state index contributed by atoms with van der Waals surface area (Å²) < 4.78 is 2.73. The molecule has 0 aliphatic carbocycles. The molecule has 2 aromatic rings. The maximum atomic E-state index is 4.36. The van der Waals surface area contributed by atoms with E-state index in [-0.39, 0.29) is 6.04 Å². The predicted molar refractivity (Wildman–Crippen MR) is 76.7 cm³/mol. The third-order valence-electron chi connectivity index (χ3n) is 2.92. The molecule has 5 heteroatoms. The molecule has 4 nitrogen and oxygen atoms in total. The first-order valence-corrected chi connectivity index (χ1v) is 6.65. The summed E-state index contributed by atoms with van der Waals surface area (Å²) in [6.07, 6.45) is 3.88. The highest BCUT2D eigenvalue weighted by atomic mass is 79.9. The fourth-order valence-electron chi connectivity index (χ4n) is 2.01. The first-order chi connectivity index (χ1) is 8.47. The average Bonchev–Trinajstić information content (AvgIpc) is 2.63. The minimum absolute atomic E-state index is 0.209. The number of rotatable bonds is 3. The van der Waals surface area contributed by atoms with E-state index < -0.39 is 0 Å². The molecule has 0 spiro atoms. The summed E-state index contributed by atoms with van der Waals surface area (Å²) >= 11 is 3.40. The molecule has 0 aliphatic rings. The van der Waals surface area contributed by atoms with Gasteiger partial charge in [-0.05, 0) is 48.3 Å². The Morgan fingerprint density at radius 3 is 2.67 bits per heavy atom. The van der Waals surface area contributed by atoms with Gasteiger partial charge in [-0.15, -0.1) is 0 Å². The van der Waals surface area contributed by atoms with Gasteiger partial charge in [-0.2, -0.15) is 5.10 Å². The maximum absolute atomic E-state index is 4.36. The summed E-state index contributed by atoms with van der Waals surface area (Å²) in [5.41, 5.74) is 4.40. The van der Waals surface area contributed by atoms with E-state index in [2.05, 4.69) is 44.3 Å². The second-order valence-corrected chi connectivity index (χ2v) is 5.29. The number of halogens is 1. The van der Waals surface area contributed by atoms with Crippen molar-refractivity contribution in [3.05, 3.63) is 39.9 Å². The molecule has 0 aromatic carbocycles. The molecule has 1 N–H and O–H groups in total. The Labute approximate surface area is 116 Å².